The van der Waals surface area contributed by atoms with Crippen molar-refractivity contribution in [3.63, 3.8) is 0 Å². The highest BCUT2D eigenvalue weighted by atomic mass is 16.5. The van der Waals surface area contributed by atoms with E-state index in [1.54, 1.807) is 0 Å². The number of likely N-dealkylation sites (tertiary alicyclic amines) is 1. The summed E-state index contributed by atoms with van der Waals surface area (Å²) in [6.07, 6.45) is 5.16. The van der Waals surface area contributed by atoms with Crippen molar-refractivity contribution in [1.29, 1.82) is 0 Å². The molecule has 1 amide bonds. The largest absolute Gasteiger partial charge is 0.381 e. The molecule has 1 saturated heterocycles. The molecule has 0 spiro atoms. The summed E-state index contributed by atoms with van der Waals surface area (Å²) in [4.78, 5) is 18.6. The average Bonchev–Trinajstić information content (AvgIpc) is 3.01. The monoisotopic (exact) mass is 307 g/mol. The van der Waals surface area contributed by atoms with Crippen molar-refractivity contribution in [2.75, 3.05) is 19.8 Å². The molecule has 2 aliphatic rings. The van der Waals surface area contributed by atoms with Gasteiger partial charge in [0.25, 0.3) is 0 Å². The lowest BCUT2D eigenvalue weighted by Gasteiger charge is -2.23. The van der Waals surface area contributed by atoms with Crippen LogP contribution in [0.3, 0.4) is 0 Å². The lowest BCUT2D eigenvalue weighted by molar-refractivity contribution is -0.135. The van der Waals surface area contributed by atoms with Crippen LogP contribution in [-0.4, -0.2) is 40.7 Å². The Morgan fingerprint density at radius 2 is 2.23 bits per heavy atom. The topological polar surface area (TPSA) is 68.5 Å². The quantitative estimate of drug-likeness (QED) is 0.723. The van der Waals surface area contributed by atoms with Crippen LogP contribution in [0.5, 0.6) is 0 Å². The predicted octanol–water partition coefficient (Wildman–Crippen LogP) is 2.36. The molecule has 3 rings (SSSR count). The first kappa shape index (κ1) is 15.5. The number of hydrogen-bond acceptors (Lipinski definition) is 5. The fourth-order valence-electron chi connectivity index (χ4n) is 2.82. The maximum Gasteiger partial charge on any atom is 0.249 e. The second-order valence-corrected chi connectivity index (χ2v) is 6.66. The summed E-state index contributed by atoms with van der Waals surface area (Å²) < 4.78 is 11.0. The van der Waals surface area contributed by atoms with Crippen molar-refractivity contribution in [3.8, 4) is 0 Å². The third-order valence-corrected chi connectivity index (χ3v) is 4.32. The maximum absolute atomic E-state index is 12.2. The van der Waals surface area contributed by atoms with Gasteiger partial charge in [-0.2, -0.15) is 4.98 Å². The van der Waals surface area contributed by atoms with Crippen LogP contribution in [0.4, 0.5) is 0 Å². The second-order valence-electron chi connectivity index (χ2n) is 6.66. The highest BCUT2D eigenvalue weighted by molar-refractivity contribution is 5.78. The number of aromatic nitrogens is 2. The van der Waals surface area contributed by atoms with Gasteiger partial charge in [0.1, 0.15) is 6.04 Å². The third-order valence-electron chi connectivity index (χ3n) is 4.32. The zero-order valence-electron chi connectivity index (χ0n) is 13.5. The molecule has 1 unspecified atom stereocenters. The van der Waals surface area contributed by atoms with Gasteiger partial charge in [-0.3, -0.25) is 4.79 Å². The average molecular weight is 307 g/mol. The predicted molar refractivity (Wildman–Crippen MR) is 80.1 cm³/mol. The Balaban J connectivity index is 1.53. The van der Waals surface area contributed by atoms with Gasteiger partial charge in [0.05, 0.1) is 6.61 Å². The third kappa shape index (κ3) is 3.66. The lowest BCUT2D eigenvalue weighted by Crippen LogP contribution is -2.33. The van der Waals surface area contributed by atoms with E-state index in [4.69, 9.17) is 9.26 Å². The molecule has 0 aromatic carbocycles. The van der Waals surface area contributed by atoms with Crippen molar-refractivity contribution in [2.45, 2.75) is 52.0 Å². The van der Waals surface area contributed by atoms with Crippen molar-refractivity contribution in [3.05, 3.63) is 11.7 Å². The molecule has 1 aliphatic heterocycles. The number of carbonyl (C=O) groups excluding carboxylic acids is 1. The van der Waals surface area contributed by atoms with E-state index in [1.165, 1.54) is 12.8 Å². The van der Waals surface area contributed by atoms with E-state index in [2.05, 4.69) is 10.1 Å². The number of ether oxygens (including phenoxy) is 1. The molecule has 0 radical (unpaired) electrons. The summed E-state index contributed by atoms with van der Waals surface area (Å²) in [5.74, 6) is 2.18. The first-order chi connectivity index (χ1) is 10.6. The van der Waals surface area contributed by atoms with Gasteiger partial charge in [-0.1, -0.05) is 19.0 Å². The number of amides is 1. The lowest BCUT2D eigenvalue weighted by atomic mass is 10.1. The van der Waals surface area contributed by atoms with Crippen LogP contribution in [0, 0.1) is 11.8 Å². The van der Waals surface area contributed by atoms with Gasteiger partial charge in [-0.15, -0.1) is 0 Å². The Hall–Kier alpha value is -1.43. The van der Waals surface area contributed by atoms with Gasteiger partial charge in [-0.25, -0.2) is 0 Å². The molecule has 1 atom stereocenters. The van der Waals surface area contributed by atoms with E-state index in [9.17, 15) is 4.79 Å². The summed E-state index contributed by atoms with van der Waals surface area (Å²) in [6.45, 7) is 6.12. The van der Waals surface area contributed by atoms with Gasteiger partial charge >= 0.3 is 0 Å². The zero-order valence-corrected chi connectivity index (χ0v) is 13.5. The van der Waals surface area contributed by atoms with E-state index in [-0.39, 0.29) is 17.9 Å². The maximum atomic E-state index is 12.2. The molecule has 22 heavy (non-hydrogen) atoms. The zero-order chi connectivity index (χ0) is 15.5. The highest BCUT2D eigenvalue weighted by Gasteiger charge is 2.34. The van der Waals surface area contributed by atoms with Crippen molar-refractivity contribution < 1.29 is 14.1 Å². The minimum atomic E-state index is -0.0523. The van der Waals surface area contributed by atoms with Gasteiger partial charge in [0, 0.05) is 25.5 Å². The van der Waals surface area contributed by atoms with E-state index in [1.807, 2.05) is 18.7 Å². The molecule has 0 bridgehead atoms. The van der Waals surface area contributed by atoms with Gasteiger partial charge in [0.15, 0.2) is 5.82 Å². The minimum Gasteiger partial charge on any atom is -0.381 e. The summed E-state index contributed by atoms with van der Waals surface area (Å²) >= 11 is 0. The molecular formula is C16H25N3O3. The molecule has 6 heteroatoms. The molecule has 1 saturated carbocycles. The first-order valence-electron chi connectivity index (χ1n) is 8.36. The molecule has 1 aliphatic carbocycles. The molecule has 2 heterocycles. The van der Waals surface area contributed by atoms with Crippen LogP contribution in [0.1, 0.15) is 57.3 Å². The summed E-state index contributed by atoms with van der Waals surface area (Å²) in [7, 11) is 0. The molecule has 1 aromatic rings. The summed E-state index contributed by atoms with van der Waals surface area (Å²) in [5, 5.41) is 4.03. The Morgan fingerprint density at radius 3 is 2.95 bits per heavy atom. The number of carbonyl (C=O) groups is 1. The van der Waals surface area contributed by atoms with E-state index < -0.39 is 0 Å². The van der Waals surface area contributed by atoms with Crippen LogP contribution in [0.15, 0.2) is 4.52 Å². The van der Waals surface area contributed by atoms with Crippen molar-refractivity contribution in [2.24, 2.45) is 11.8 Å². The Bertz CT molecular complexity index is 510. The van der Waals surface area contributed by atoms with E-state index in [0.29, 0.717) is 24.7 Å². The molecule has 2 fully saturated rings. The Morgan fingerprint density at radius 1 is 1.41 bits per heavy atom. The van der Waals surface area contributed by atoms with Gasteiger partial charge < -0.3 is 14.2 Å². The molecule has 122 valence electrons. The standard InChI is InChI=1S/C16H25N3O3/c1-11(2)16(20)19-8-3-4-13(19)15-17-14(18-22-15)7-9-21-10-12-5-6-12/h11-13H,3-10H2,1-2H3. The minimum absolute atomic E-state index is 0.00110. The second kappa shape index (κ2) is 6.77. The Kier molecular flexibility index (Phi) is 4.76. The summed E-state index contributed by atoms with van der Waals surface area (Å²) in [6, 6.07) is -0.0523. The molecule has 1 aromatic heterocycles. The van der Waals surface area contributed by atoms with Crippen LogP contribution in [-0.2, 0) is 16.0 Å². The SMILES string of the molecule is CC(C)C(=O)N1CCCC1c1nc(CCOCC2CC2)no1. The van der Waals surface area contributed by atoms with Crippen LogP contribution in [0.25, 0.3) is 0 Å². The van der Waals surface area contributed by atoms with Gasteiger partial charge in [-0.05, 0) is 31.6 Å². The van der Waals surface area contributed by atoms with Crippen molar-refractivity contribution >= 4 is 5.91 Å². The molecule has 0 N–H and O–H groups in total. The van der Waals surface area contributed by atoms with Crippen LogP contribution in [0.2, 0.25) is 0 Å². The number of nitrogens with zero attached hydrogens (tertiary/aromatic N) is 3. The van der Waals surface area contributed by atoms with Crippen LogP contribution < -0.4 is 0 Å². The summed E-state index contributed by atoms with van der Waals surface area (Å²) in [5.41, 5.74) is 0. The smallest absolute Gasteiger partial charge is 0.249 e. The fourth-order valence-corrected chi connectivity index (χ4v) is 2.82. The van der Waals surface area contributed by atoms with E-state index >= 15 is 0 Å². The molecular weight excluding hydrogens is 282 g/mol. The fraction of sp³-hybridized carbons (Fsp3) is 0.812. The van der Waals surface area contributed by atoms with Crippen LogP contribution >= 0.6 is 0 Å². The highest BCUT2D eigenvalue weighted by Crippen LogP contribution is 2.32. The normalized spacial score (nSPS) is 21.8. The van der Waals surface area contributed by atoms with E-state index in [0.717, 1.165) is 31.9 Å². The first-order valence-corrected chi connectivity index (χ1v) is 8.36. The number of hydrogen-bond donors (Lipinski definition) is 0. The number of rotatable bonds is 7. The van der Waals surface area contributed by atoms with Gasteiger partial charge in [0.2, 0.25) is 11.8 Å². The van der Waals surface area contributed by atoms with Crippen molar-refractivity contribution in [1.82, 2.24) is 15.0 Å². The Labute approximate surface area is 131 Å². The molecule has 6 nitrogen and oxygen atoms in total.